The molecule has 0 aromatic carbocycles. The highest BCUT2D eigenvalue weighted by Crippen LogP contribution is 2.13. The minimum atomic E-state index is -3.84. The van der Waals surface area contributed by atoms with E-state index in [0.29, 0.717) is 13.1 Å². The van der Waals surface area contributed by atoms with Crippen LogP contribution in [0.4, 0.5) is 0 Å². The second-order valence-corrected chi connectivity index (χ2v) is 10.9. The molecule has 0 aliphatic heterocycles. The summed E-state index contributed by atoms with van der Waals surface area (Å²) in [7, 11) is -7.68. The van der Waals surface area contributed by atoms with Gasteiger partial charge in [-0.1, -0.05) is 66.2 Å². The van der Waals surface area contributed by atoms with Gasteiger partial charge in [0.25, 0.3) is 0 Å². The second kappa shape index (κ2) is 13.1. The van der Waals surface area contributed by atoms with Gasteiger partial charge < -0.3 is 0 Å². The van der Waals surface area contributed by atoms with Gasteiger partial charge in [-0.3, -0.25) is 0 Å². The maximum absolute atomic E-state index is 12.1. The summed E-state index contributed by atoms with van der Waals surface area (Å²) in [5, 5.41) is -0.894. The van der Waals surface area contributed by atoms with E-state index in [9.17, 15) is 16.8 Å². The number of sulfonamides is 2. The molecule has 0 amide bonds. The van der Waals surface area contributed by atoms with Gasteiger partial charge in [0.1, 0.15) is 0 Å². The predicted molar refractivity (Wildman–Crippen MR) is 105 cm³/mol. The lowest BCUT2D eigenvalue weighted by molar-refractivity contribution is 0.442. The van der Waals surface area contributed by atoms with Crippen molar-refractivity contribution in [2.45, 2.75) is 79.1 Å². The SMILES string of the molecule is CCCCC(CC)CNS(=O)(=O)CS(=O)(=O)NCC(CC)CCCC. The number of rotatable bonds is 16. The van der Waals surface area contributed by atoms with Crippen molar-refractivity contribution >= 4 is 20.0 Å². The summed E-state index contributed by atoms with van der Waals surface area (Å²) in [6, 6.07) is 0. The van der Waals surface area contributed by atoms with Gasteiger partial charge in [-0.25, -0.2) is 26.3 Å². The fourth-order valence-electron chi connectivity index (χ4n) is 2.66. The second-order valence-electron chi connectivity index (χ2n) is 6.88. The van der Waals surface area contributed by atoms with Crippen LogP contribution in [0.25, 0.3) is 0 Å². The fourth-order valence-corrected chi connectivity index (χ4v) is 5.94. The van der Waals surface area contributed by atoms with Crippen molar-refractivity contribution < 1.29 is 16.8 Å². The third-order valence-electron chi connectivity index (χ3n) is 4.58. The van der Waals surface area contributed by atoms with Crippen LogP contribution in [0.5, 0.6) is 0 Å². The monoisotopic (exact) mass is 398 g/mol. The third-order valence-corrected chi connectivity index (χ3v) is 8.28. The van der Waals surface area contributed by atoms with Gasteiger partial charge in [-0.2, -0.15) is 0 Å². The van der Waals surface area contributed by atoms with Crippen molar-refractivity contribution in [1.29, 1.82) is 0 Å². The average Bonchev–Trinajstić information content (AvgIpc) is 2.54. The molecule has 0 saturated carbocycles. The lowest BCUT2D eigenvalue weighted by Crippen LogP contribution is -2.39. The van der Waals surface area contributed by atoms with Crippen molar-refractivity contribution in [2.24, 2.45) is 11.8 Å². The lowest BCUT2D eigenvalue weighted by atomic mass is 10.00. The molecule has 0 saturated heterocycles. The summed E-state index contributed by atoms with van der Waals surface area (Å²) in [5.74, 6) is 0.507. The van der Waals surface area contributed by atoms with Crippen molar-refractivity contribution in [3.05, 3.63) is 0 Å². The maximum atomic E-state index is 12.1. The van der Waals surface area contributed by atoms with E-state index in [1.807, 2.05) is 13.8 Å². The first kappa shape index (κ1) is 24.8. The lowest BCUT2D eigenvalue weighted by Gasteiger charge is -2.17. The molecular weight excluding hydrogens is 360 g/mol. The number of unbranched alkanes of at least 4 members (excludes halogenated alkanes) is 2. The average molecular weight is 399 g/mol. The Bertz CT molecular complexity index is 485. The van der Waals surface area contributed by atoms with Crippen LogP contribution in [0, 0.1) is 11.8 Å². The molecule has 2 atom stereocenters. The van der Waals surface area contributed by atoms with Crippen LogP contribution in [0.1, 0.15) is 79.1 Å². The number of hydrogen-bond donors (Lipinski definition) is 2. The van der Waals surface area contributed by atoms with Crippen LogP contribution in [0.15, 0.2) is 0 Å². The molecular formula is C17H38N2O4S2. The van der Waals surface area contributed by atoms with Gasteiger partial charge in [-0.15, -0.1) is 0 Å². The van der Waals surface area contributed by atoms with Crippen molar-refractivity contribution in [1.82, 2.24) is 9.44 Å². The van der Waals surface area contributed by atoms with E-state index in [1.54, 1.807) is 0 Å². The summed E-state index contributed by atoms with van der Waals surface area (Å²) in [5.41, 5.74) is 0. The van der Waals surface area contributed by atoms with Crippen LogP contribution in [0.3, 0.4) is 0 Å². The van der Waals surface area contributed by atoms with Crippen LogP contribution < -0.4 is 9.44 Å². The van der Waals surface area contributed by atoms with E-state index in [0.717, 1.165) is 51.4 Å². The Morgan fingerprint density at radius 1 is 0.680 bits per heavy atom. The van der Waals surface area contributed by atoms with E-state index in [-0.39, 0.29) is 11.8 Å². The van der Waals surface area contributed by atoms with E-state index in [1.165, 1.54) is 0 Å². The minimum absolute atomic E-state index is 0.254. The largest absolute Gasteiger partial charge is 0.227 e. The molecule has 0 heterocycles. The first-order valence-electron chi connectivity index (χ1n) is 9.64. The molecule has 0 aliphatic carbocycles. The number of nitrogens with one attached hydrogen (secondary N) is 2. The molecule has 25 heavy (non-hydrogen) atoms. The summed E-state index contributed by atoms with van der Waals surface area (Å²) >= 11 is 0. The van der Waals surface area contributed by atoms with E-state index >= 15 is 0 Å². The molecule has 8 heteroatoms. The Hall–Kier alpha value is -0.180. The molecule has 2 unspecified atom stereocenters. The van der Waals surface area contributed by atoms with E-state index in [2.05, 4.69) is 23.3 Å². The Morgan fingerprint density at radius 3 is 1.32 bits per heavy atom. The predicted octanol–water partition coefficient (Wildman–Crippen LogP) is 3.22. The summed E-state index contributed by atoms with van der Waals surface area (Å²) in [6.45, 7) is 8.85. The zero-order valence-corrected chi connectivity index (χ0v) is 18.0. The van der Waals surface area contributed by atoms with Crippen LogP contribution in [-0.4, -0.2) is 35.0 Å². The Balaban J connectivity index is 4.49. The molecule has 0 radical (unpaired) electrons. The highest BCUT2D eigenvalue weighted by molar-refractivity contribution is 8.06. The molecule has 0 spiro atoms. The molecule has 2 N–H and O–H groups in total. The Kier molecular flexibility index (Phi) is 13.0. The summed E-state index contributed by atoms with van der Waals surface area (Å²) < 4.78 is 53.3. The molecule has 0 aromatic rings. The zero-order chi connectivity index (χ0) is 19.3. The summed E-state index contributed by atoms with van der Waals surface area (Å²) in [6.07, 6.45) is 7.90. The minimum Gasteiger partial charge on any atom is -0.214 e. The van der Waals surface area contributed by atoms with E-state index < -0.39 is 25.1 Å². The van der Waals surface area contributed by atoms with E-state index in [4.69, 9.17) is 0 Å². The topological polar surface area (TPSA) is 92.3 Å². The van der Waals surface area contributed by atoms with Gasteiger partial charge in [-0.05, 0) is 24.7 Å². The maximum Gasteiger partial charge on any atom is 0.227 e. The Morgan fingerprint density at radius 2 is 1.04 bits per heavy atom. The van der Waals surface area contributed by atoms with Gasteiger partial charge in [0, 0.05) is 13.1 Å². The quantitative estimate of drug-likeness (QED) is 0.417. The molecule has 6 nitrogen and oxygen atoms in total. The highest BCUT2D eigenvalue weighted by Gasteiger charge is 2.23. The molecule has 0 bridgehead atoms. The van der Waals surface area contributed by atoms with Gasteiger partial charge in [0.15, 0.2) is 5.08 Å². The first-order valence-corrected chi connectivity index (χ1v) is 12.9. The van der Waals surface area contributed by atoms with Gasteiger partial charge in [0.2, 0.25) is 20.0 Å². The van der Waals surface area contributed by atoms with Crippen molar-refractivity contribution in [3.63, 3.8) is 0 Å². The summed E-state index contributed by atoms with van der Waals surface area (Å²) in [4.78, 5) is 0. The first-order chi connectivity index (χ1) is 11.7. The van der Waals surface area contributed by atoms with Crippen molar-refractivity contribution in [3.8, 4) is 0 Å². The molecule has 0 fully saturated rings. The zero-order valence-electron chi connectivity index (χ0n) is 16.4. The van der Waals surface area contributed by atoms with Crippen LogP contribution >= 0.6 is 0 Å². The number of hydrogen-bond acceptors (Lipinski definition) is 4. The van der Waals surface area contributed by atoms with Gasteiger partial charge in [0.05, 0.1) is 0 Å². The smallest absolute Gasteiger partial charge is 0.214 e. The highest BCUT2D eigenvalue weighted by atomic mass is 32.3. The Labute approximate surface area is 155 Å². The van der Waals surface area contributed by atoms with Gasteiger partial charge >= 0.3 is 0 Å². The molecule has 152 valence electrons. The normalized spacial score (nSPS) is 15.2. The fraction of sp³-hybridized carbons (Fsp3) is 1.00. The molecule has 0 aromatic heterocycles. The standard InChI is InChI=1S/C17H38N2O4S2/c1-5-9-11-16(7-3)13-18-24(20,21)15-25(22,23)19-14-17(8-4)12-10-6-2/h16-19H,5-15H2,1-4H3. The molecule has 0 rings (SSSR count). The van der Waals surface area contributed by atoms with Crippen LogP contribution in [0.2, 0.25) is 0 Å². The molecule has 0 aliphatic rings. The third kappa shape index (κ3) is 12.8. The van der Waals surface area contributed by atoms with Crippen LogP contribution in [-0.2, 0) is 20.0 Å². The van der Waals surface area contributed by atoms with Crippen molar-refractivity contribution in [2.75, 3.05) is 18.2 Å².